The highest BCUT2D eigenvalue weighted by Gasteiger charge is 2.42. The Kier molecular flexibility index (Phi) is 19.5. The van der Waals surface area contributed by atoms with Crippen LogP contribution in [0.25, 0.3) is 0 Å². The number of likely N-dealkylation sites (tertiary alicyclic amines) is 1. The molecule has 0 radical (unpaired) electrons. The highest BCUT2D eigenvalue weighted by molar-refractivity contribution is 7.58. The summed E-state index contributed by atoms with van der Waals surface area (Å²) in [6.07, 6.45) is 0.0503. The van der Waals surface area contributed by atoms with Crippen LogP contribution in [0.3, 0.4) is 0 Å². The molecule has 6 atom stereocenters. The fourth-order valence-electron chi connectivity index (χ4n) is 6.83. The maximum Gasteiger partial charge on any atom is 0.408 e. The third kappa shape index (κ3) is 17.0. The van der Waals surface area contributed by atoms with Crippen molar-refractivity contribution >= 4 is 43.2 Å². The van der Waals surface area contributed by atoms with E-state index in [1.807, 2.05) is 19.9 Å². The number of carbonyl (C=O) groups excluding carboxylic acids is 6. The third-order valence-corrected chi connectivity index (χ3v) is 12.1. The van der Waals surface area contributed by atoms with Gasteiger partial charge < -0.3 is 45.3 Å². The number of alkyl carbamates (subject to hydrolysis) is 2. The Bertz CT molecular complexity index is 1770. The van der Waals surface area contributed by atoms with Crippen LogP contribution in [0.15, 0.2) is 60.7 Å². The first-order chi connectivity index (χ1) is 28.3. The van der Waals surface area contributed by atoms with Gasteiger partial charge in [0.15, 0.2) is 0 Å². The molecule has 16 nitrogen and oxygen atoms in total. The lowest BCUT2D eigenvalue weighted by Gasteiger charge is -2.31. The number of hydrogen-bond donors (Lipinski definition) is 5. The lowest BCUT2D eigenvalue weighted by Crippen LogP contribution is -2.52. The van der Waals surface area contributed by atoms with Gasteiger partial charge in [-0.2, -0.15) is 0 Å². The second-order valence-electron chi connectivity index (χ2n) is 16.6. The number of esters is 1. The zero-order valence-electron chi connectivity index (χ0n) is 35.9. The molecule has 1 saturated heterocycles. The molecule has 60 heavy (non-hydrogen) atoms. The van der Waals surface area contributed by atoms with Crippen molar-refractivity contribution in [3.05, 3.63) is 71.8 Å². The summed E-state index contributed by atoms with van der Waals surface area (Å²) in [4.78, 5) is 92.1. The van der Waals surface area contributed by atoms with Gasteiger partial charge in [-0.05, 0) is 76.3 Å². The predicted molar refractivity (Wildman–Crippen MR) is 226 cm³/mol. The number of carbonyl (C=O) groups is 6. The number of nitrogens with zero attached hydrogens (tertiary/aromatic N) is 1. The predicted octanol–water partition coefficient (Wildman–Crippen LogP) is 5.26. The molecule has 332 valence electrons. The Balaban J connectivity index is 1.78. The van der Waals surface area contributed by atoms with E-state index in [1.165, 1.54) is 18.9 Å². The van der Waals surface area contributed by atoms with Crippen molar-refractivity contribution in [2.24, 2.45) is 11.8 Å². The van der Waals surface area contributed by atoms with E-state index in [1.54, 1.807) is 75.4 Å². The number of methoxy groups -OCH3 is 1. The largest absolute Gasteiger partial charge is 0.467 e. The van der Waals surface area contributed by atoms with Gasteiger partial charge in [0.25, 0.3) is 0 Å². The first-order valence-electron chi connectivity index (χ1n) is 20.6. The highest BCUT2D eigenvalue weighted by atomic mass is 31.2. The number of amides is 5. The topological polar surface area (TPSA) is 219 Å². The van der Waals surface area contributed by atoms with E-state index in [2.05, 4.69) is 21.3 Å². The fourth-order valence-corrected chi connectivity index (χ4v) is 8.85. The smallest absolute Gasteiger partial charge is 0.408 e. The first kappa shape index (κ1) is 49.4. The Hall–Kier alpha value is -4.95. The lowest BCUT2D eigenvalue weighted by molar-refractivity contribution is -0.147. The third-order valence-electron chi connectivity index (χ3n) is 9.78. The highest BCUT2D eigenvalue weighted by Crippen LogP contribution is 2.48. The summed E-state index contributed by atoms with van der Waals surface area (Å²) in [5.41, 5.74) is 0.697. The molecule has 17 heteroatoms. The molecule has 3 rings (SSSR count). The number of benzene rings is 2. The normalized spacial score (nSPS) is 16.9. The van der Waals surface area contributed by atoms with E-state index in [4.69, 9.17) is 14.2 Å². The molecule has 2 unspecified atom stereocenters. The Morgan fingerprint density at radius 1 is 0.867 bits per heavy atom. The van der Waals surface area contributed by atoms with Crippen molar-refractivity contribution in [3.63, 3.8) is 0 Å². The second-order valence-corrected chi connectivity index (χ2v) is 19.1. The van der Waals surface area contributed by atoms with Crippen LogP contribution in [-0.2, 0) is 51.0 Å². The van der Waals surface area contributed by atoms with Gasteiger partial charge in [-0.15, -0.1) is 0 Å². The maximum atomic E-state index is 14.4. The number of rotatable bonds is 21. The lowest BCUT2D eigenvalue weighted by atomic mass is 10.0. The minimum absolute atomic E-state index is 0.0570. The van der Waals surface area contributed by atoms with E-state index in [0.29, 0.717) is 37.7 Å². The minimum Gasteiger partial charge on any atom is -0.467 e. The molecule has 0 aromatic heterocycles. The molecule has 0 saturated carbocycles. The summed E-state index contributed by atoms with van der Waals surface area (Å²) in [6.45, 7) is 11.0. The van der Waals surface area contributed by atoms with E-state index in [-0.39, 0.29) is 38.5 Å². The molecule has 2 aromatic rings. The van der Waals surface area contributed by atoms with E-state index >= 15 is 0 Å². The van der Waals surface area contributed by atoms with Gasteiger partial charge in [0.05, 0.1) is 7.11 Å². The molecule has 5 N–H and O–H groups in total. The maximum absolute atomic E-state index is 14.4. The molecule has 2 aromatic carbocycles. The molecule has 0 spiro atoms. The zero-order valence-corrected chi connectivity index (χ0v) is 36.8. The van der Waals surface area contributed by atoms with Crippen LogP contribution in [0.1, 0.15) is 91.2 Å². The van der Waals surface area contributed by atoms with Crippen LogP contribution in [0, 0.1) is 11.8 Å². The number of nitrogens with one attached hydrogen (secondary N) is 4. The quantitative estimate of drug-likeness (QED) is 0.0472. The van der Waals surface area contributed by atoms with Gasteiger partial charge in [-0.3, -0.25) is 18.9 Å². The Labute approximate surface area is 353 Å². The number of hydrogen-bond acceptors (Lipinski definition) is 10. The first-order valence-corrected chi connectivity index (χ1v) is 22.5. The average Bonchev–Trinajstić information content (AvgIpc) is 3.68. The van der Waals surface area contributed by atoms with Gasteiger partial charge in [-0.25, -0.2) is 14.4 Å². The molecule has 1 aliphatic rings. The Morgan fingerprint density at radius 2 is 1.50 bits per heavy atom. The van der Waals surface area contributed by atoms with Crippen LogP contribution in [0.2, 0.25) is 0 Å². The van der Waals surface area contributed by atoms with Crippen molar-refractivity contribution in [2.75, 3.05) is 26.4 Å². The van der Waals surface area contributed by atoms with E-state index in [0.717, 1.165) is 5.56 Å². The summed E-state index contributed by atoms with van der Waals surface area (Å²) in [6, 6.07) is 14.8. The van der Waals surface area contributed by atoms with Crippen LogP contribution in [-0.4, -0.2) is 102 Å². The van der Waals surface area contributed by atoms with Crippen molar-refractivity contribution in [3.8, 4) is 0 Å². The van der Waals surface area contributed by atoms with Gasteiger partial charge >= 0.3 is 18.2 Å². The summed E-state index contributed by atoms with van der Waals surface area (Å²) in [5, 5.41) is 10.7. The minimum atomic E-state index is -4.41. The molecule has 1 aliphatic heterocycles. The van der Waals surface area contributed by atoms with Gasteiger partial charge in [0.2, 0.25) is 25.1 Å². The van der Waals surface area contributed by atoms with Crippen molar-refractivity contribution in [2.45, 2.75) is 123 Å². The molecule has 1 heterocycles. The van der Waals surface area contributed by atoms with Crippen LogP contribution in [0.5, 0.6) is 0 Å². The van der Waals surface area contributed by atoms with Crippen LogP contribution in [0.4, 0.5) is 9.59 Å². The molecular formula is C43H64N5O11P. The fraction of sp³-hybridized carbons (Fsp3) is 0.581. The molecule has 5 amide bonds. The monoisotopic (exact) mass is 857 g/mol. The van der Waals surface area contributed by atoms with Gasteiger partial charge in [-0.1, -0.05) is 81.4 Å². The second kappa shape index (κ2) is 23.7. The number of unbranched alkanes of at least 4 members (excludes halogenated alkanes) is 1. The van der Waals surface area contributed by atoms with Crippen molar-refractivity contribution < 1.29 is 52.4 Å². The van der Waals surface area contributed by atoms with E-state index < -0.39 is 84.8 Å². The zero-order chi connectivity index (χ0) is 44.5. The molecule has 0 bridgehead atoms. The van der Waals surface area contributed by atoms with Crippen molar-refractivity contribution in [1.29, 1.82) is 0 Å². The van der Waals surface area contributed by atoms with Crippen LogP contribution >= 0.6 is 7.37 Å². The molecule has 0 aliphatic carbocycles. The number of ether oxygens (including phenoxy) is 3. The summed E-state index contributed by atoms with van der Waals surface area (Å²) >= 11 is 0. The summed E-state index contributed by atoms with van der Waals surface area (Å²) in [5.74, 6) is -4.67. The Morgan fingerprint density at radius 3 is 2.10 bits per heavy atom. The molecular weight excluding hydrogens is 793 g/mol. The average molecular weight is 858 g/mol. The standard InChI is InChI=1S/C43H64N5O11P/c1-29(2)25-34(40(52)57-7)45-38(50)35-22-16-24-48(35)39(51)30(3)28-60(55,56)36(26-31-17-10-8-11-18-31)47-37(49)33(21-14-15-23-44-41(53)59-43(4,5)6)46-42(54)58-27-32-19-12-9-13-20-32/h8-13,17-20,29-30,33-36H,14-16,21-28H2,1-7H3,(H,44,53)(H,45,50)(H,46,54)(H,47,49)(H,55,56)/t30?,33-,34-,35-,36+/m0/s1. The van der Waals surface area contributed by atoms with Gasteiger partial charge in [0, 0.05) is 31.6 Å². The van der Waals surface area contributed by atoms with Crippen molar-refractivity contribution in [1.82, 2.24) is 26.2 Å². The van der Waals surface area contributed by atoms with Gasteiger partial charge in [0.1, 0.15) is 36.1 Å². The SMILES string of the molecule is COC(=O)[C@H](CC(C)C)NC(=O)[C@@H]1CCCN1C(=O)C(C)CP(=O)(O)[C@H](Cc1ccccc1)NC(=O)[C@H](CCCCNC(=O)OC(C)(C)C)NC(=O)OCc1ccccc1. The summed E-state index contributed by atoms with van der Waals surface area (Å²) in [7, 11) is -3.17. The summed E-state index contributed by atoms with van der Waals surface area (Å²) < 4.78 is 29.9. The van der Waals surface area contributed by atoms with Crippen LogP contribution < -0.4 is 21.3 Å². The van der Waals surface area contributed by atoms with E-state index in [9.17, 15) is 38.2 Å². The molecule has 1 fully saturated rings.